The highest BCUT2D eigenvalue weighted by Crippen LogP contribution is 2.58. The van der Waals surface area contributed by atoms with Gasteiger partial charge in [0.2, 0.25) is 15.9 Å². The van der Waals surface area contributed by atoms with Gasteiger partial charge in [0.05, 0.1) is 18.7 Å². The van der Waals surface area contributed by atoms with Crippen molar-refractivity contribution in [2.24, 2.45) is 16.7 Å². The van der Waals surface area contributed by atoms with Crippen molar-refractivity contribution in [1.29, 1.82) is 0 Å². The number of alkyl halides is 1. The van der Waals surface area contributed by atoms with E-state index < -0.39 is 22.4 Å². The van der Waals surface area contributed by atoms with Crippen LogP contribution in [-0.2, 0) is 14.8 Å². The highest BCUT2D eigenvalue weighted by Gasteiger charge is 2.52. The Kier molecular flexibility index (Phi) is 5.81. The average molecular weight is 414 g/mol. The average Bonchev–Trinajstić information content (AvgIpc) is 3.23. The van der Waals surface area contributed by atoms with E-state index in [2.05, 4.69) is 25.6 Å². The molecule has 1 aliphatic carbocycles. The summed E-state index contributed by atoms with van der Waals surface area (Å²) in [6, 6.07) is 0. The molecule has 8 heteroatoms. The minimum atomic E-state index is -3.10. The van der Waals surface area contributed by atoms with Crippen LogP contribution in [0.4, 0.5) is 4.39 Å². The summed E-state index contributed by atoms with van der Waals surface area (Å²) in [5, 5.41) is 0. The lowest BCUT2D eigenvalue weighted by atomic mass is 9.63. The van der Waals surface area contributed by atoms with Gasteiger partial charge < -0.3 is 0 Å². The van der Waals surface area contributed by atoms with Gasteiger partial charge in [-0.3, -0.25) is 14.5 Å². The number of hydrogen-bond donors (Lipinski definition) is 0. The van der Waals surface area contributed by atoms with Crippen LogP contribution >= 0.6 is 0 Å². The van der Waals surface area contributed by atoms with E-state index in [0.29, 0.717) is 32.4 Å². The fourth-order valence-corrected chi connectivity index (χ4v) is 6.83. The lowest BCUT2D eigenvalue weighted by Crippen LogP contribution is -2.41. The Labute approximate surface area is 168 Å². The Bertz CT molecular complexity index is 763. The molecule has 3 rings (SSSR count). The summed E-state index contributed by atoms with van der Waals surface area (Å²) < 4.78 is 39.6. The van der Waals surface area contributed by atoms with E-state index in [9.17, 15) is 17.6 Å². The molecule has 0 aromatic rings. The summed E-state index contributed by atoms with van der Waals surface area (Å²) in [6.45, 7) is 15.0. The number of halogens is 1. The molecule has 3 aliphatic rings. The van der Waals surface area contributed by atoms with Gasteiger partial charge in [0.1, 0.15) is 6.17 Å². The van der Waals surface area contributed by atoms with Crippen molar-refractivity contribution < 1.29 is 17.6 Å². The summed E-state index contributed by atoms with van der Waals surface area (Å²) >= 11 is 0. The predicted molar refractivity (Wildman–Crippen MR) is 105 cm³/mol. The van der Waals surface area contributed by atoms with Crippen LogP contribution in [0.25, 0.3) is 4.85 Å². The Morgan fingerprint density at radius 1 is 1.32 bits per heavy atom. The maximum absolute atomic E-state index is 13.6. The van der Waals surface area contributed by atoms with Crippen LogP contribution in [0.1, 0.15) is 59.3 Å². The summed E-state index contributed by atoms with van der Waals surface area (Å²) in [7, 11) is -3.10. The summed E-state index contributed by atoms with van der Waals surface area (Å²) in [4.78, 5) is 17.4. The SMILES string of the molecule is [C-]#[N+][C@@H]1C[C@H](F)CN1C(=O)CC[C@]1(C)CC[C@H](CN2CCCS2(=O)=O)C1(C)C. The molecule has 0 N–H and O–H groups in total. The minimum Gasteiger partial charge on any atom is -0.289 e. The van der Waals surface area contributed by atoms with E-state index in [0.717, 1.165) is 12.8 Å². The molecule has 0 aromatic heterocycles. The normalized spacial score (nSPS) is 37.2. The third kappa shape index (κ3) is 3.80. The molecule has 1 saturated carbocycles. The number of nitrogens with zero attached hydrogens (tertiary/aromatic N) is 3. The number of amides is 1. The summed E-state index contributed by atoms with van der Waals surface area (Å²) in [6.07, 6.45) is 1.94. The van der Waals surface area contributed by atoms with Gasteiger partial charge in [-0.05, 0) is 42.4 Å². The fourth-order valence-electron chi connectivity index (χ4n) is 5.26. The number of sulfonamides is 1. The highest BCUT2D eigenvalue weighted by atomic mass is 32.2. The third-order valence-corrected chi connectivity index (χ3v) is 9.75. The van der Waals surface area contributed by atoms with Crippen molar-refractivity contribution in [2.75, 3.05) is 25.4 Å². The molecule has 4 atom stereocenters. The van der Waals surface area contributed by atoms with Gasteiger partial charge in [-0.1, -0.05) is 20.8 Å². The predicted octanol–water partition coefficient (Wildman–Crippen LogP) is 3.06. The summed E-state index contributed by atoms with van der Waals surface area (Å²) in [5.41, 5.74) is -0.183. The maximum Gasteiger partial charge on any atom is 0.303 e. The van der Waals surface area contributed by atoms with E-state index in [1.165, 1.54) is 4.90 Å². The second-order valence-corrected chi connectivity index (χ2v) is 11.6. The van der Waals surface area contributed by atoms with Crippen molar-refractivity contribution >= 4 is 15.9 Å². The molecule has 0 spiro atoms. The molecule has 0 bridgehead atoms. The molecule has 3 fully saturated rings. The molecule has 0 radical (unpaired) electrons. The smallest absolute Gasteiger partial charge is 0.289 e. The first-order valence-electron chi connectivity index (χ1n) is 10.3. The first kappa shape index (κ1) is 21.5. The van der Waals surface area contributed by atoms with Gasteiger partial charge >= 0.3 is 6.17 Å². The monoisotopic (exact) mass is 413 g/mol. The van der Waals surface area contributed by atoms with E-state index >= 15 is 0 Å². The molecule has 1 amide bonds. The number of rotatable bonds is 5. The van der Waals surface area contributed by atoms with Crippen molar-refractivity contribution in [1.82, 2.24) is 9.21 Å². The van der Waals surface area contributed by atoms with E-state index in [4.69, 9.17) is 6.57 Å². The Morgan fingerprint density at radius 2 is 2.04 bits per heavy atom. The van der Waals surface area contributed by atoms with Crippen LogP contribution in [-0.4, -0.2) is 61.3 Å². The van der Waals surface area contributed by atoms with Gasteiger partial charge in [0, 0.05) is 19.5 Å². The molecule has 0 aromatic carbocycles. The molecule has 0 unspecified atom stereocenters. The highest BCUT2D eigenvalue weighted by molar-refractivity contribution is 7.89. The number of hydrogen-bond acceptors (Lipinski definition) is 3. The van der Waals surface area contributed by atoms with Crippen LogP contribution in [0.3, 0.4) is 0 Å². The van der Waals surface area contributed by atoms with Crippen molar-refractivity contribution in [3.63, 3.8) is 0 Å². The van der Waals surface area contributed by atoms with Crippen molar-refractivity contribution in [3.05, 3.63) is 11.4 Å². The number of carbonyl (C=O) groups is 1. The Hall–Kier alpha value is -1.20. The lowest BCUT2D eigenvalue weighted by molar-refractivity contribution is -0.132. The van der Waals surface area contributed by atoms with Crippen LogP contribution in [0.2, 0.25) is 0 Å². The number of likely N-dealkylation sites (tertiary alicyclic amines) is 1. The van der Waals surface area contributed by atoms with E-state index in [1.807, 2.05) is 0 Å². The molecule has 158 valence electrons. The zero-order chi connectivity index (χ0) is 20.7. The molecular weight excluding hydrogens is 381 g/mol. The maximum atomic E-state index is 13.6. The van der Waals surface area contributed by atoms with E-state index in [-0.39, 0.29) is 41.4 Å². The minimum absolute atomic E-state index is 0.0292. The summed E-state index contributed by atoms with van der Waals surface area (Å²) in [5.74, 6) is 0.377. The fraction of sp³-hybridized carbons (Fsp3) is 0.900. The molecule has 2 aliphatic heterocycles. The second kappa shape index (κ2) is 7.56. The zero-order valence-electron chi connectivity index (χ0n) is 17.2. The molecule has 2 heterocycles. The first-order chi connectivity index (χ1) is 13.0. The van der Waals surface area contributed by atoms with Gasteiger partial charge in [0.25, 0.3) is 0 Å². The quantitative estimate of drug-likeness (QED) is 0.651. The molecule has 28 heavy (non-hydrogen) atoms. The standard InChI is InChI=1S/C20H32FN3O3S/c1-19(2)15(13-23-10-5-11-28(23,26)27)6-8-20(19,3)9-7-18(25)24-14-16(21)12-17(24)22-4/h15-17H,5-14H2,1-3H3/t15-,16+,17+,20+/m1/s1. The molecular formula is C20H32FN3O3S. The molecule has 6 nitrogen and oxygen atoms in total. The Balaban J connectivity index is 1.62. The van der Waals surface area contributed by atoms with Gasteiger partial charge in [0.15, 0.2) is 0 Å². The third-order valence-electron chi connectivity index (χ3n) is 7.83. The van der Waals surface area contributed by atoms with E-state index in [1.54, 1.807) is 4.31 Å². The first-order valence-corrected chi connectivity index (χ1v) is 11.9. The van der Waals surface area contributed by atoms with Gasteiger partial charge in [-0.2, -0.15) is 0 Å². The van der Waals surface area contributed by atoms with Crippen LogP contribution in [0.15, 0.2) is 0 Å². The lowest BCUT2D eigenvalue weighted by Gasteiger charge is -2.43. The number of carbonyl (C=O) groups excluding carboxylic acids is 1. The van der Waals surface area contributed by atoms with Crippen molar-refractivity contribution in [3.8, 4) is 0 Å². The van der Waals surface area contributed by atoms with Gasteiger partial charge in [-0.15, -0.1) is 0 Å². The topological polar surface area (TPSA) is 62.1 Å². The largest absolute Gasteiger partial charge is 0.303 e. The zero-order valence-corrected chi connectivity index (χ0v) is 18.0. The Morgan fingerprint density at radius 3 is 2.64 bits per heavy atom. The second-order valence-electron chi connectivity index (χ2n) is 9.53. The molecule has 2 saturated heterocycles. The van der Waals surface area contributed by atoms with Crippen LogP contribution in [0.5, 0.6) is 0 Å². The van der Waals surface area contributed by atoms with Crippen LogP contribution in [0, 0.1) is 23.3 Å². The van der Waals surface area contributed by atoms with Crippen molar-refractivity contribution in [2.45, 2.75) is 71.6 Å². The van der Waals surface area contributed by atoms with Crippen LogP contribution < -0.4 is 0 Å². The van der Waals surface area contributed by atoms with Gasteiger partial charge in [-0.25, -0.2) is 23.7 Å².